The Labute approximate surface area is 232 Å². The molecule has 3 aromatic rings. The van der Waals surface area contributed by atoms with E-state index in [0.29, 0.717) is 17.8 Å². The molecule has 0 atom stereocenters. The molecule has 3 saturated carbocycles. The van der Waals surface area contributed by atoms with Crippen LogP contribution in [0.3, 0.4) is 0 Å². The molecular formula is C36H45FS. The topological polar surface area (TPSA) is 0 Å². The molecule has 0 spiro atoms. The van der Waals surface area contributed by atoms with Crippen LogP contribution in [0.2, 0.25) is 0 Å². The summed E-state index contributed by atoms with van der Waals surface area (Å²) >= 11 is 0. The van der Waals surface area contributed by atoms with Gasteiger partial charge < -0.3 is 0 Å². The van der Waals surface area contributed by atoms with E-state index in [9.17, 15) is 0 Å². The molecule has 0 radical (unpaired) electrons. The van der Waals surface area contributed by atoms with E-state index in [2.05, 4.69) is 72.8 Å². The molecule has 0 N–H and O–H groups in total. The fourth-order valence-corrected chi connectivity index (χ4v) is 9.85. The van der Waals surface area contributed by atoms with Crippen LogP contribution in [-0.4, -0.2) is 0 Å². The second kappa shape index (κ2) is 12.0. The van der Waals surface area contributed by atoms with E-state index in [1.54, 1.807) is 0 Å². The Kier molecular flexibility index (Phi) is 8.26. The minimum absolute atomic E-state index is 0.645. The van der Waals surface area contributed by atoms with E-state index in [-0.39, 0.29) is 0 Å². The Morgan fingerprint density at radius 2 is 0.605 bits per heavy atom. The summed E-state index contributed by atoms with van der Waals surface area (Å²) in [5.41, 5.74) is 4.20. The summed E-state index contributed by atoms with van der Waals surface area (Å²) < 4.78 is 17.8. The normalized spacial score (nSPS) is 20.9. The molecular weight excluding hydrogens is 483 g/mol. The highest BCUT2D eigenvalue weighted by atomic mass is 32.3. The van der Waals surface area contributed by atoms with Crippen molar-refractivity contribution in [3.8, 4) is 0 Å². The molecule has 3 aromatic carbocycles. The van der Waals surface area contributed by atoms with Crippen LogP contribution >= 0.6 is 10.4 Å². The maximum absolute atomic E-state index is 17.8. The zero-order valence-electron chi connectivity index (χ0n) is 23.1. The SMILES string of the molecule is FS(c1ccc(C2CCCCC2)cc1)(c1ccc(C2CCCCC2)cc1)c1ccc(C2CCCCC2)cc1. The van der Waals surface area contributed by atoms with Crippen molar-refractivity contribution in [2.75, 3.05) is 0 Å². The van der Waals surface area contributed by atoms with E-state index >= 15 is 3.89 Å². The first-order valence-electron chi connectivity index (χ1n) is 15.5. The molecule has 0 saturated heterocycles. The molecule has 0 aliphatic heterocycles. The van der Waals surface area contributed by atoms with Gasteiger partial charge in [-0.1, -0.05) is 94.2 Å². The second-order valence-corrected chi connectivity index (χ2v) is 14.7. The molecule has 0 nitrogen and oxygen atoms in total. The lowest BCUT2D eigenvalue weighted by atomic mass is 9.84. The van der Waals surface area contributed by atoms with E-state index in [1.165, 1.54) is 113 Å². The van der Waals surface area contributed by atoms with Gasteiger partial charge in [0.1, 0.15) is 0 Å². The van der Waals surface area contributed by atoms with E-state index in [1.807, 2.05) is 0 Å². The Bertz CT molecular complexity index is 997. The Morgan fingerprint density at radius 3 is 0.842 bits per heavy atom. The third-order valence-corrected chi connectivity index (χ3v) is 12.6. The maximum atomic E-state index is 17.8. The average molecular weight is 529 g/mol. The fourth-order valence-electron chi connectivity index (χ4n) is 7.50. The van der Waals surface area contributed by atoms with Gasteiger partial charge in [0.25, 0.3) is 0 Å². The molecule has 0 bridgehead atoms. The quantitative estimate of drug-likeness (QED) is 0.298. The second-order valence-electron chi connectivity index (χ2n) is 12.2. The maximum Gasteiger partial charge on any atom is 0.0263 e. The average Bonchev–Trinajstić information content (AvgIpc) is 3.02. The predicted molar refractivity (Wildman–Crippen MR) is 160 cm³/mol. The van der Waals surface area contributed by atoms with Gasteiger partial charge in [0, 0.05) is 14.7 Å². The molecule has 6 rings (SSSR count). The van der Waals surface area contributed by atoms with Gasteiger partial charge in [-0.25, -0.2) is 0 Å². The molecule has 0 heterocycles. The molecule has 3 fully saturated rings. The van der Waals surface area contributed by atoms with Gasteiger partial charge in [0.05, 0.1) is 0 Å². The molecule has 38 heavy (non-hydrogen) atoms. The summed E-state index contributed by atoms with van der Waals surface area (Å²) in [7, 11) is -2.82. The van der Waals surface area contributed by atoms with Crippen molar-refractivity contribution >= 4 is 10.4 Å². The van der Waals surface area contributed by atoms with Crippen molar-refractivity contribution in [2.24, 2.45) is 0 Å². The summed E-state index contributed by atoms with van der Waals surface area (Å²) in [6, 6.07) is 26.1. The van der Waals surface area contributed by atoms with Crippen LogP contribution in [0, 0.1) is 0 Å². The van der Waals surface area contributed by atoms with Crippen LogP contribution in [0.5, 0.6) is 0 Å². The zero-order chi connectivity index (χ0) is 25.8. The molecule has 0 unspecified atom stereocenters. The number of benzene rings is 3. The number of rotatable bonds is 6. The minimum atomic E-state index is -2.82. The van der Waals surface area contributed by atoms with Crippen molar-refractivity contribution in [1.29, 1.82) is 0 Å². The zero-order valence-corrected chi connectivity index (χ0v) is 23.9. The molecule has 3 aliphatic rings. The van der Waals surface area contributed by atoms with Crippen LogP contribution in [-0.2, 0) is 0 Å². The summed E-state index contributed by atoms with van der Waals surface area (Å²) in [5.74, 6) is 1.93. The molecule has 3 aliphatic carbocycles. The predicted octanol–water partition coefficient (Wildman–Crippen LogP) is 12.0. The van der Waals surface area contributed by atoms with Gasteiger partial charge >= 0.3 is 0 Å². The molecule has 2 heteroatoms. The summed E-state index contributed by atoms with van der Waals surface area (Å²) in [6.07, 6.45) is 19.7. The number of hydrogen-bond acceptors (Lipinski definition) is 0. The molecule has 0 amide bonds. The van der Waals surface area contributed by atoms with Crippen LogP contribution in [0.15, 0.2) is 87.5 Å². The fraction of sp³-hybridized carbons (Fsp3) is 0.500. The Balaban J connectivity index is 1.34. The highest BCUT2D eigenvalue weighted by molar-refractivity contribution is 8.29. The van der Waals surface area contributed by atoms with Gasteiger partial charge in [0.15, 0.2) is 0 Å². The lowest BCUT2D eigenvalue weighted by Gasteiger charge is -2.33. The van der Waals surface area contributed by atoms with Crippen LogP contribution < -0.4 is 0 Å². The lowest BCUT2D eigenvalue weighted by Crippen LogP contribution is -2.06. The van der Waals surface area contributed by atoms with Crippen molar-refractivity contribution in [2.45, 2.75) is 129 Å². The lowest BCUT2D eigenvalue weighted by molar-refractivity contribution is 0.443. The molecule has 202 valence electrons. The van der Waals surface area contributed by atoms with Gasteiger partial charge in [-0.3, -0.25) is 0 Å². The largest absolute Gasteiger partial charge is 0.175 e. The third-order valence-electron chi connectivity index (χ3n) is 9.84. The van der Waals surface area contributed by atoms with Crippen LogP contribution in [0.25, 0.3) is 0 Å². The highest BCUT2D eigenvalue weighted by Gasteiger charge is 2.32. The summed E-state index contributed by atoms with van der Waals surface area (Å²) in [5, 5.41) is 0. The van der Waals surface area contributed by atoms with Gasteiger partial charge in [0.2, 0.25) is 0 Å². The Morgan fingerprint density at radius 1 is 0.368 bits per heavy atom. The third kappa shape index (κ3) is 5.48. The van der Waals surface area contributed by atoms with E-state index in [4.69, 9.17) is 0 Å². The number of hydrogen-bond donors (Lipinski definition) is 0. The van der Waals surface area contributed by atoms with Crippen molar-refractivity contribution < 1.29 is 3.89 Å². The first-order valence-corrected chi connectivity index (χ1v) is 17.1. The summed E-state index contributed by atoms with van der Waals surface area (Å²) in [4.78, 5) is 2.52. The van der Waals surface area contributed by atoms with E-state index < -0.39 is 10.4 Å². The number of halogens is 1. The van der Waals surface area contributed by atoms with Gasteiger partial charge in [-0.2, -0.15) is 3.89 Å². The first-order chi connectivity index (χ1) is 18.7. The minimum Gasteiger partial charge on any atom is -0.175 e. The van der Waals surface area contributed by atoms with Gasteiger partial charge in [-0.15, -0.1) is 0 Å². The van der Waals surface area contributed by atoms with Crippen LogP contribution in [0.4, 0.5) is 3.89 Å². The molecule has 0 aromatic heterocycles. The standard InChI is InChI=1S/C36H45FS/c37-38(34-22-16-31(17-23-34)28-10-4-1-5-11-28,35-24-18-32(19-25-35)29-12-6-2-7-13-29)36-26-20-33(21-27-36)30-14-8-3-9-15-30/h16-30H,1-15H2. The van der Waals surface area contributed by atoms with Gasteiger partial charge in [-0.05, 0) is 120 Å². The monoisotopic (exact) mass is 528 g/mol. The van der Waals surface area contributed by atoms with Crippen molar-refractivity contribution in [3.63, 3.8) is 0 Å². The highest BCUT2D eigenvalue weighted by Crippen LogP contribution is 2.70. The van der Waals surface area contributed by atoms with Crippen molar-refractivity contribution in [3.05, 3.63) is 89.5 Å². The Hall–Kier alpha value is -2.06. The summed E-state index contributed by atoms with van der Waals surface area (Å²) in [6.45, 7) is 0. The van der Waals surface area contributed by atoms with Crippen LogP contribution in [0.1, 0.15) is 131 Å². The first kappa shape index (κ1) is 26.2. The smallest absolute Gasteiger partial charge is 0.0263 e. The van der Waals surface area contributed by atoms with Crippen molar-refractivity contribution in [1.82, 2.24) is 0 Å². The van der Waals surface area contributed by atoms with E-state index in [0.717, 1.165) is 14.7 Å².